The number of aliphatic hydroxyl groups excluding tert-OH is 1. The first kappa shape index (κ1) is 19.2. The van der Waals surface area contributed by atoms with Gasteiger partial charge in [-0.3, -0.25) is 4.90 Å². The Balaban J connectivity index is 1.51. The van der Waals surface area contributed by atoms with E-state index in [2.05, 4.69) is 17.9 Å². The number of methoxy groups -OCH3 is 1. The van der Waals surface area contributed by atoms with Crippen LogP contribution in [0, 0.1) is 16.7 Å². The lowest BCUT2D eigenvalue weighted by atomic mass is 9.31. The number of benzene rings is 1. The molecule has 7 unspecified atom stereocenters. The zero-order valence-electron chi connectivity index (χ0n) is 19.0. The van der Waals surface area contributed by atoms with E-state index >= 15 is 0 Å². The van der Waals surface area contributed by atoms with Gasteiger partial charge in [0.2, 0.25) is 0 Å². The van der Waals surface area contributed by atoms with Crippen LogP contribution in [0.3, 0.4) is 0 Å². The topological polar surface area (TPSA) is 62.2 Å². The van der Waals surface area contributed by atoms with Crippen LogP contribution in [0.4, 0.5) is 0 Å². The van der Waals surface area contributed by atoms with Crippen molar-refractivity contribution in [3.05, 3.63) is 23.3 Å². The van der Waals surface area contributed by atoms with Gasteiger partial charge in [0.25, 0.3) is 0 Å². The van der Waals surface area contributed by atoms with Gasteiger partial charge in [0.15, 0.2) is 11.5 Å². The van der Waals surface area contributed by atoms with E-state index in [1.165, 1.54) is 30.5 Å². The first-order valence-corrected chi connectivity index (χ1v) is 12.3. The predicted octanol–water partition coefficient (Wildman–Crippen LogP) is 3.39. The second kappa shape index (κ2) is 5.60. The predicted molar refractivity (Wildman–Crippen MR) is 116 cm³/mol. The standard InChI is InChI=1S/C26H35NO4/c1-15(28)23(2)14-24-8-9-26(23,30-3)22-25(24)10-11-27(13-16-4-5-16)19(24)12-17-6-7-18(29)21(31-22)20(17)25/h6-7,15-16,19,22,28-29H,4-5,8-14H2,1-3H3. The highest BCUT2D eigenvalue weighted by Gasteiger charge is 2.83. The maximum absolute atomic E-state index is 11.2. The van der Waals surface area contributed by atoms with Gasteiger partial charge in [-0.2, -0.15) is 0 Å². The summed E-state index contributed by atoms with van der Waals surface area (Å²) in [6.07, 6.45) is 7.19. The third-order valence-electron chi connectivity index (χ3n) is 11.0. The number of fused-ring (bicyclic) bond motifs is 2. The summed E-state index contributed by atoms with van der Waals surface area (Å²) < 4.78 is 13.2. The summed E-state index contributed by atoms with van der Waals surface area (Å²) in [7, 11) is 1.81. The van der Waals surface area contributed by atoms with Crippen LogP contribution in [0.2, 0.25) is 0 Å². The largest absolute Gasteiger partial charge is 0.504 e. The molecule has 7 atom stereocenters. The number of likely N-dealkylation sites (tertiary alicyclic amines) is 1. The quantitative estimate of drug-likeness (QED) is 0.774. The zero-order valence-corrected chi connectivity index (χ0v) is 19.0. The molecular formula is C26H35NO4. The van der Waals surface area contributed by atoms with E-state index in [1.807, 2.05) is 20.1 Å². The molecule has 2 heterocycles. The number of piperidine rings is 1. The van der Waals surface area contributed by atoms with Crippen molar-refractivity contribution in [1.82, 2.24) is 4.90 Å². The van der Waals surface area contributed by atoms with Gasteiger partial charge in [0, 0.05) is 41.5 Å². The Hall–Kier alpha value is -1.30. The molecule has 2 spiro atoms. The fraction of sp³-hybridized carbons (Fsp3) is 0.769. The van der Waals surface area contributed by atoms with Gasteiger partial charge in [0.05, 0.1) is 6.10 Å². The molecule has 0 aromatic heterocycles. The monoisotopic (exact) mass is 425 g/mol. The number of hydrogen-bond acceptors (Lipinski definition) is 5. The Labute approximate surface area is 184 Å². The molecule has 1 saturated heterocycles. The van der Waals surface area contributed by atoms with E-state index < -0.39 is 11.7 Å². The maximum atomic E-state index is 11.2. The minimum absolute atomic E-state index is 0.0584. The molecule has 4 saturated carbocycles. The molecular weight excluding hydrogens is 390 g/mol. The van der Waals surface area contributed by atoms with Crippen molar-refractivity contribution in [2.45, 2.75) is 88.1 Å². The summed E-state index contributed by atoms with van der Waals surface area (Å²) in [6, 6.07) is 4.46. The SMILES string of the molecule is COC12CCC3(CC1(C)C(C)O)C1Cc4ccc(O)c5c4C3(CCN1CC1CC1)C2O5. The lowest BCUT2D eigenvalue weighted by Crippen LogP contribution is -2.84. The molecule has 1 aromatic rings. The van der Waals surface area contributed by atoms with Crippen LogP contribution in [0.25, 0.3) is 0 Å². The van der Waals surface area contributed by atoms with Crippen LogP contribution >= 0.6 is 0 Å². The minimum Gasteiger partial charge on any atom is -0.504 e. The molecule has 7 aliphatic rings. The van der Waals surface area contributed by atoms with Gasteiger partial charge >= 0.3 is 0 Å². The molecule has 0 amide bonds. The summed E-state index contributed by atoms with van der Waals surface area (Å²) in [5.41, 5.74) is 1.65. The van der Waals surface area contributed by atoms with Crippen molar-refractivity contribution >= 4 is 0 Å². The van der Waals surface area contributed by atoms with E-state index in [0.717, 1.165) is 44.6 Å². The second-order valence-electron chi connectivity index (χ2n) is 11.8. The van der Waals surface area contributed by atoms with Crippen LogP contribution in [-0.4, -0.2) is 59.2 Å². The molecule has 5 heteroatoms. The molecule has 4 bridgehead atoms. The van der Waals surface area contributed by atoms with Crippen molar-refractivity contribution in [2.75, 3.05) is 20.2 Å². The molecule has 5 fully saturated rings. The van der Waals surface area contributed by atoms with Gasteiger partial charge < -0.3 is 19.7 Å². The third-order valence-corrected chi connectivity index (χ3v) is 11.0. The van der Waals surface area contributed by atoms with E-state index in [4.69, 9.17) is 9.47 Å². The van der Waals surface area contributed by atoms with E-state index in [-0.39, 0.29) is 28.1 Å². The average molecular weight is 426 g/mol. The van der Waals surface area contributed by atoms with Crippen LogP contribution in [0.5, 0.6) is 11.5 Å². The second-order valence-corrected chi connectivity index (χ2v) is 11.8. The van der Waals surface area contributed by atoms with Crippen molar-refractivity contribution < 1.29 is 19.7 Å². The Morgan fingerprint density at radius 1 is 1.26 bits per heavy atom. The molecule has 5 nitrogen and oxygen atoms in total. The van der Waals surface area contributed by atoms with Crippen molar-refractivity contribution in [2.24, 2.45) is 16.7 Å². The summed E-state index contributed by atoms with van der Waals surface area (Å²) in [6.45, 7) is 6.49. The van der Waals surface area contributed by atoms with E-state index in [0.29, 0.717) is 11.8 Å². The van der Waals surface area contributed by atoms with E-state index in [1.54, 1.807) is 0 Å². The molecule has 5 aliphatic carbocycles. The summed E-state index contributed by atoms with van der Waals surface area (Å²) in [5.74, 6) is 1.84. The summed E-state index contributed by atoms with van der Waals surface area (Å²) in [4.78, 5) is 2.81. The third kappa shape index (κ3) is 1.87. The van der Waals surface area contributed by atoms with E-state index in [9.17, 15) is 10.2 Å². The molecule has 31 heavy (non-hydrogen) atoms. The first-order valence-electron chi connectivity index (χ1n) is 12.3. The van der Waals surface area contributed by atoms with Gasteiger partial charge in [-0.15, -0.1) is 0 Å². The molecule has 168 valence electrons. The van der Waals surface area contributed by atoms with Crippen LogP contribution in [-0.2, 0) is 16.6 Å². The number of rotatable bonds is 4. The van der Waals surface area contributed by atoms with Crippen molar-refractivity contribution in [3.63, 3.8) is 0 Å². The highest BCUT2D eigenvalue weighted by atomic mass is 16.6. The Kier molecular flexibility index (Phi) is 3.47. The fourth-order valence-corrected chi connectivity index (χ4v) is 9.38. The number of hydrogen-bond donors (Lipinski definition) is 2. The van der Waals surface area contributed by atoms with Crippen LogP contribution in [0.1, 0.15) is 63.5 Å². The number of phenolic OH excluding ortho intramolecular Hbond substituents is 1. The molecule has 2 aliphatic heterocycles. The summed E-state index contributed by atoms with van der Waals surface area (Å²) in [5, 5.41) is 22.0. The maximum Gasteiger partial charge on any atom is 0.165 e. The zero-order chi connectivity index (χ0) is 21.4. The lowest BCUT2D eigenvalue weighted by molar-refractivity contribution is -0.321. The highest BCUT2D eigenvalue weighted by Crippen LogP contribution is 2.79. The number of aliphatic hydroxyl groups is 1. The van der Waals surface area contributed by atoms with Crippen LogP contribution in [0.15, 0.2) is 12.1 Å². The van der Waals surface area contributed by atoms with Crippen LogP contribution < -0.4 is 4.74 Å². The molecule has 0 radical (unpaired) electrons. The first-order chi connectivity index (χ1) is 14.8. The number of aromatic hydroxyl groups is 1. The van der Waals surface area contributed by atoms with Gasteiger partial charge in [0.1, 0.15) is 11.7 Å². The molecule has 1 aromatic carbocycles. The number of nitrogens with zero attached hydrogens (tertiary/aromatic N) is 1. The fourth-order valence-electron chi connectivity index (χ4n) is 9.38. The average Bonchev–Trinajstić information content (AvgIpc) is 3.48. The Morgan fingerprint density at radius 2 is 2.06 bits per heavy atom. The molecule has 2 N–H and O–H groups in total. The van der Waals surface area contributed by atoms with Crippen molar-refractivity contribution in [1.29, 1.82) is 0 Å². The van der Waals surface area contributed by atoms with Crippen molar-refractivity contribution in [3.8, 4) is 11.5 Å². The smallest absolute Gasteiger partial charge is 0.165 e. The Morgan fingerprint density at radius 3 is 2.77 bits per heavy atom. The summed E-state index contributed by atoms with van der Waals surface area (Å²) >= 11 is 0. The lowest BCUT2D eigenvalue weighted by Gasteiger charge is -2.76. The Bertz CT molecular complexity index is 974. The minimum atomic E-state index is -0.549. The number of phenols is 1. The van der Waals surface area contributed by atoms with Gasteiger partial charge in [-0.25, -0.2) is 0 Å². The molecule has 8 rings (SSSR count). The normalized spacial score (nSPS) is 47.7. The van der Waals surface area contributed by atoms with Gasteiger partial charge in [-0.1, -0.05) is 13.0 Å². The number of ether oxygens (including phenoxy) is 2. The van der Waals surface area contributed by atoms with Gasteiger partial charge in [-0.05, 0) is 76.0 Å². The highest BCUT2D eigenvalue weighted by molar-refractivity contribution is 5.63.